The van der Waals surface area contributed by atoms with Crippen LogP contribution in [0.3, 0.4) is 0 Å². The molecule has 0 radical (unpaired) electrons. The smallest absolute Gasteiger partial charge is 0.314 e. The molecule has 96 valence electrons. The second kappa shape index (κ2) is 3.76. The number of hydrogen-bond acceptors (Lipinski definition) is 2. The third kappa shape index (κ3) is 1.56. The second-order valence-electron chi connectivity index (χ2n) is 4.55. The summed E-state index contributed by atoms with van der Waals surface area (Å²) in [5.74, 6) is -3.59. The van der Waals surface area contributed by atoms with Gasteiger partial charge in [0.15, 0.2) is 0 Å². The molecule has 1 aromatic rings. The molecule has 0 spiro atoms. The van der Waals surface area contributed by atoms with E-state index in [1.54, 1.807) is 0 Å². The fraction of sp³-hybridized carbons (Fsp3) is 0.333. The SMILES string of the molecule is CN1C(=O)C[C@](C)(C(=O)O)c2cc(F)cc(F)c21. The van der Waals surface area contributed by atoms with E-state index in [1.165, 1.54) is 14.0 Å². The first kappa shape index (κ1) is 12.5. The van der Waals surface area contributed by atoms with E-state index in [1.807, 2.05) is 0 Å². The topological polar surface area (TPSA) is 57.6 Å². The number of benzene rings is 1. The molecule has 1 amide bonds. The number of aliphatic carboxylic acids is 1. The number of hydrogen-bond donors (Lipinski definition) is 1. The number of fused-ring (bicyclic) bond motifs is 1. The van der Waals surface area contributed by atoms with E-state index in [0.717, 1.165) is 11.0 Å². The van der Waals surface area contributed by atoms with Gasteiger partial charge in [-0.05, 0) is 18.6 Å². The van der Waals surface area contributed by atoms with Crippen LogP contribution in [0.4, 0.5) is 14.5 Å². The first-order valence-electron chi connectivity index (χ1n) is 5.27. The zero-order valence-electron chi connectivity index (χ0n) is 9.83. The number of amides is 1. The Balaban J connectivity index is 2.79. The highest BCUT2D eigenvalue weighted by Gasteiger charge is 2.46. The van der Waals surface area contributed by atoms with Gasteiger partial charge >= 0.3 is 5.97 Å². The van der Waals surface area contributed by atoms with Crippen molar-refractivity contribution in [1.29, 1.82) is 0 Å². The van der Waals surface area contributed by atoms with Crippen molar-refractivity contribution in [2.75, 3.05) is 11.9 Å². The van der Waals surface area contributed by atoms with Gasteiger partial charge in [-0.3, -0.25) is 9.59 Å². The Morgan fingerprint density at radius 2 is 2.06 bits per heavy atom. The van der Waals surface area contributed by atoms with Gasteiger partial charge in [0, 0.05) is 19.5 Å². The number of carbonyl (C=O) groups is 2. The van der Waals surface area contributed by atoms with Crippen LogP contribution in [0.5, 0.6) is 0 Å². The maximum Gasteiger partial charge on any atom is 0.314 e. The fourth-order valence-electron chi connectivity index (χ4n) is 2.16. The number of nitrogens with zero attached hydrogens (tertiary/aromatic N) is 1. The Hall–Kier alpha value is -1.98. The highest BCUT2D eigenvalue weighted by molar-refractivity contribution is 6.03. The summed E-state index contributed by atoms with van der Waals surface area (Å²) in [4.78, 5) is 24.0. The van der Waals surface area contributed by atoms with E-state index < -0.39 is 28.9 Å². The molecule has 0 saturated carbocycles. The highest BCUT2D eigenvalue weighted by Crippen LogP contribution is 2.41. The minimum Gasteiger partial charge on any atom is -0.481 e. The summed E-state index contributed by atoms with van der Waals surface area (Å²) in [6.07, 6.45) is -0.325. The minimum atomic E-state index is -1.61. The Bertz CT molecular complexity index is 558. The van der Waals surface area contributed by atoms with Gasteiger partial charge < -0.3 is 10.0 Å². The van der Waals surface area contributed by atoms with Crippen molar-refractivity contribution < 1.29 is 23.5 Å². The van der Waals surface area contributed by atoms with E-state index in [0.29, 0.717) is 6.07 Å². The number of carboxylic acid groups (broad SMARTS) is 1. The predicted octanol–water partition coefficient (Wildman–Crippen LogP) is 1.67. The molecule has 1 aliphatic rings. The van der Waals surface area contributed by atoms with Crippen molar-refractivity contribution in [3.63, 3.8) is 0 Å². The summed E-state index contributed by atoms with van der Waals surface area (Å²) >= 11 is 0. The van der Waals surface area contributed by atoms with Gasteiger partial charge in [0.05, 0.1) is 5.69 Å². The predicted molar refractivity (Wildman–Crippen MR) is 59.4 cm³/mol. The standard InChI is InChI=1S/C12H11F2NO3/c1-12(11(17)18)5-9(16)15(2)10-7(12)3-6(13)4-8(10)14/h3-4H,5H2,1-2H3,(H,17,18)/t12-/m0/s1. The van der Waals surface area contributed by atoms with E-state index >= 15 is 0 Å². The molecule has 0 aromatic heterocycles. The van der Waals surface area contributed by atoms with Crippen molar-refractivity contribution in [1.82, 2.24) is 0 Å². The summed E-state index contributed by atoms with van der Waals surface area (Å²) in [7, 11) is 1.34. The van der Waals surface area contributed by atoms with E-state index in [9.17, 15) is 23.5 Å². The third-order valence-corrected chi connectivity index (χ3v) is 3.31. The molecule has 2 rings (SSSR count). The number of rotatable bonds is 1. The average molecular weight is 255 g/mol. The minimum absolute atomic E-state index is 0.0189. The van der Waals surface area contributed by atoms with Gasteiger partial charge in [-0.25, -0.2) is 8.78 Å². The Kier molecular flexibility index (Phi) is 2.61. The van der Waals surface area contributed by atoms with Crippen LogP contribution in [-0.2, 0) is 15.0 Å². The van der Waals surface area contributed by atoms with Gasteiger partial charge in [0.1, 0.15) is 17.0 Å². The maximum absolute atomic E-state index is 13.7. The van der Waals surface area contributed by atoms with E-state index in [2.05, 4.69) is 0 Å². The molecule has 1 aliphatic heterocycles. The van der Waals surface area contributed by atoms with Crippen LogP contribution in [0.2, 0.25) is 0 Å². The molecule has 0 saturated heterocycles. The Labute approximate surface area is 102 Å². The molecule has 0 unspecified atom stereocenters. The Morgan fingerprint density at radius 1 is 1.44 bits per heavy atom. The van der Waals surface area contributed by atoms with Crippen LogP contribution in [0.25, 0.3) is 0 Å². The normalized spacial score (nSPS) is 22.9. The van der Waals surface area contributed by atoms with Crippen molar-refractivity contribution in [2.45, 2.75) is 18.8 Å². The monoisotopic (exact) mass is 255 g/mol. The molecule has 18 heavy (non-hydrogen) atoms. The first-order chi connectivity index (χ1) is 8.27. The van der Waals surface area contributed by atoms with Crippen LogP contribution in [0.1, 0.15) is 18.9 Å². The molecular weight excluding hydrogens is 244 g/mol. The fourth-order valence-corrected chi connectivity index (χ4v) is 2.16. The lowest BCUT2D eigenvalue weighted by Crippen LogP contribution is -2.46. The lowest BCUT2D eigenvalue weighted by Gasteiger charge is -2.36. The molecule has 0 aliphatic carbocycles. The number of carboxylic acids is 1. The second-order valence-corrected chi connectivity index (χ2v) is 4.55. The summed E-state index contributed by atoms with van der Waals surface area (Å²) in [6, 6.07) is 1.60. The lowest BCUT2D eigenvalue weighted by atomic mass is 9.75. The summed E-state index contributed by atoms with van der Waals surface area (Å²) in [6.45, 7) is 1.29. The summed E-state index contributed by atoms with van der Waals surface area (Å²) in [5.41, 5.74) is -1.80. The van der Waals surface area contributed by atoms with Crippen molar-refractivity contribution in [3.8, 4) is 0 Å². The van der Waals surface area contributed by atoms with Crippen molar-refractivity contribution >= 4 is 17.6 Å². The zero-order chi connectivity index (χ0) is 13.7. The molecule has 0 fully saturated rings. The molecule has 1 atom stereocenters. The van der Waals surface area contributed by atoms with E-state index in [4.69, 9.17) is 0 Å². The van der Waals surface area contributed by atoms with Crippen LogP contribution in [0, 0.1) is 11.6 Å². The highest BCUT2D eigenvalue weighted by atomic mass is 19.1. The van der Waals surface area contributed by atoms with E-state index in [-0.39, 0.29) is 17.7 Å². The number of halogens is 2. The molecule has 1 heterocycles. The summed E-state index contributed by atoms with van der Waals surface area (Å²) in [5, 5.41) is 9.21. The average Bonchev–Trinajstić information content (AvgIpc) is 2.25. The van der Waals surface area contributed by atoms with Gasteiger partial charge in [-0.1, -0.05) is 0 Å². The van der Waals surface area contributed by atoms with Crippen LogP contribution in [-0.4, -0.2) is 24.0 Å². The maximum atomic E-state index is 13.7. The van der Waals surface area contributed by atoms with Gasteiger partial charge in [-0.15, -0.1) is 0 Å². The first-order valence-corrected chi connectivity index (χ1v) is 5.27. The quantitative estimate of drug-likeness (QED) is 0.830. The molecule has 1 N–H and O–H groups in total. The molecule has 0 bridgehead atoms. The lowest BCUT2D eigenvalue weighted by molar-refractivity contribution is -0.145. The van der Waals surface area contributed by atoms with Crippen LogP contribution >= 0.6 is 0 Å². The summed E-state index contributed by atoms with van der Waals surface area (Å²) < 4.78 is 27.0. The molecule has 4 nitrogen and oxygen atoms in total. The van der Waals surface area contributed by atoms with Gasteiger partial charge in [0.2, 0.25) is 5.91 Å². The third-order valence-electron chi connectivity index (χ3n) is 3.31. The number of anilines is 1. The van der Waals surface area contributed by atoms with Gasteiger partial charge in [0.25, 0.3) is 0 Å². The molecule has 1 aromatic carbocycles. The van der Waals surface area contributed by atoms with Gasteiger partial charge in [-0.2, -0.15) is 0 Å². The molecule has 6 heteroatoms. The Morgan fingerprint density at radius 3 is 2.61 bits per heavy atom. The van der Waals surface area contributed by atoms with Crippen molar-refractivity contribution in [2.24, 2.45) is 0 Å². The zero-order valence-corrected chi connectivity index (χ0v) is 9.83. The largest absolute Gasteiger partial charge is 0.481 e. The number of carbonyl (C=O) groups excluding carboxylic acids is 1. The van der Waals surface area contributed by atoms with Crippen LogP contribution < -0.4 is 4.90 Å². The van der Waals surface area contributed by atoms with Crippen LogP contribution in [0.15, 0.2) is 12.1 Å². The van der Waals surface area contributed by atoms with Crippen molar-refractivity contribution in [3.05, 3.63) is 29.3 Å². The molecular formula is C12H11F2NO3.